The third kappa shape index (κ3) is 6.46. The Hall–Kier alpha value is 0.340. The van der Waals surface area contributed by atoms with Crippen LogP contribution in [0.4, 0.5) is 0 Å². The minimum absolute atomic E-state index is 0.000941. The molecule has 1 atom stereocenters. The van der Waals surface area contributed by atoms with Crippen LogP contribution >= 0.6 is 35.8 Å². The molecule has 0 heterocycles. The van der Waals surface area contributed by atoms with E-state index in [4.69, 9.17) is 23.2 Å². The lowest BCUT2D eigenvalue weighted by molar-refractivity contribution is -0.114. The van der Waals surface area contributed by atoms with Gasteiger partial charge in [0.25, 0.3) is 0 Å². The predicted octanol–water partition coefficient (Wildman–Crippen LogP) is 2.58. The molecule has 0 aliphatic carbocycles. The van der Waals surface area contributed by atoms with E-state index in [2.05, 4.69) is 12.6 Å². The fourth-order valence-electron chi connectivity index (χ4n) is 0.472. The zero-order valence-corrected chi connectivity index (χ0v) is 7.88. The summed E-state index contributed by atoms with van der Waals surface area (Å²) in [6.45, 7) is 1.83. The fourth-order valence-corrected chi connectivity index (χ4v) is 0.895. The highest BCUT2D eigenvalue weighted by molar-refractivity contribution is 7.80. The number of ketones is 1. The first kappa shape index (κ1) is 10.3. The maximum absolute atomic E-state index is 10.8. The van der Waals surface area contributed by atoms with Gasteiger partial charge in [-0.1, -0.05) is 30.1 Å². The van der Waals surface area contributed by atoms with Crippen LogP contribution in [-0.2, 0) is 4.79 Å². The molecule has 0 saturated heterocycles. The van der Waals surface area contributed by atoms with Gasteiger partial charge in [-0.15, -0.1) is 0 Å². The van der Waals surface area contributed by atoms with Crippen molar-refractivity contribution in [3.8, 4) is 0 Å². The molecule has 0 aliphatic rings. The van der Waals surface area contributed by atoms with E-state index < -0.39 is 0 Å². The summed E-state index contributed by atoms with van der Waals surface area (Å²) in [5, 5.41) is 0.0523. The summed E-state index contributed by atoms with van der Waals surface area (Å²) in [4.78, 5) is 10.8. The zero-order chi connectivity index (χ0) is 8.15. The van der Waals surface area contributed by atoms with Crippen LogP contribution in [0.2, 0.25) is 0 Å². The maximum Gasteiger partial charge on any atom is 0.159 e. The largest absolute Gasteiger partial charge is 0.295 e. The number of carbonyl (C=O) groups is 1. The van der Waals surface area contributed by atoms with Gasteiger partial charge >= 0.3 is 0 Å². The zero-order valence-electron chi connectivity index (χ0n) is 5.47. The molecular weight excluding hydrogens is 191 g/mol. The summed E-state index contributed by atoms with van der Waals surface area (Å²) in [6, 6.07) is 0. The molecule has 0 aromatic heterocycles. The van der Waals surface area contributed by atoms with Crippen LogP contribution in [0.3, 0.4) is 0 Å². The molecule has 0 spiro atoms. The molecule has 4 heteroatoms. The Morgan fingerprint density at radius 2 is 2.20 bits per heavy atom. The second-order valence-electron chi connectivity index (χ2n) is 1.95. The Morgan fingerprint density at radius 1 is 1.70 bits per heavy atom. The summed E-state index contributed by atoms with van der Waals surface area (Å²) < 4.78 is -0.000941. The van der Waals surface area contributed by atoms with E-state index >= 15 is 0 Å². The monoisotopic (exact) mass is 198 g/mol. The van der Waals surface area contributed by atoms with Crippen molar-refractivity contribution < 1.29 is 4.79 Å². The highest BCUT2D eigenvalue weighted by atomic mass is 35.5. The summed E-state index contributed by atoms with van der Waals surface area (Å²) in [7, 11) is 0. The van der Waals surface area contributed by atoms with Gasteiger partial charge in [-0.2, -0.15) is 12.6 Å². The number of halogens is 2. The van der Waals surface area contributed by atoms with Crippen LogP contribution in [0.25, 0.3) is 0 Å². The molecule has 0 bridgehead atoms. The number of carbonyl (C=O) groups excluding carboxylic acids is 1. The molecule has 0 aromatic carbocycles. The lowest BCUT2D eigenvalue weighted by Gasteiger charge is -1.97. The van der Waals surface area contributed by atoms with Gasteiger partial charge in [-0.05, 0) is 0 Å². The number of hydrogen-bond acceptors (Lipinski definition) is 2. The van der Waals surface area contributed by atoms with Gasteiger partial charge in [0.05, 0.1) is 0 Å². The van der Waals surface area contributed by atoms with E-state index in [1.54, 1.807) is 0 Å². The Bertz CT molecular complexity index is 150. The van der Waals surface area contributed by atoms with Crippen molar-refractivity contribution in [2.24, 2.45) is 0 Å². The first-order valence-electron chi connectivity index (χ1n) is 2.76. The first-order valence-corrected chi connectivity index (χ1v) is 4.03. The van der Waals surface area contributed by atoms with Gasteiger partial charge in [0.15, 0.2) is 5.78 Å². The number of allylic oxidation sites excluding steroid dienone is 1. The summed E-state index contributed by atoms with van der Waals surface area (Å²) in [5.74, 6) is -0.0949. The number of rotatable bonds is 3. The minimum Gasteiger partial charge on any atom is -0.295 e. The van der Waals surface area contributed by atoms with Crippen LogP contribution in [-0.4, -0.2) is 11.0 Å². The Kier molecular flexibility index (Phi) is 5.22. The molecule has 0 radical (unpaired) electrons. The molecule has 0 fully saturated rings. The van der Waals surface area contributed by atoms with Crippen LogP contribution in [0.1, 0.15) is 13.3 Å². The van der Waals surface area contributed by atoms with Crippen LogP contribution in [0.15, 0.2) is 10.6 Å². The lowest BCUT2D eigenvalue weighted by Crippen LogP contribution is -2.00. The SMILES string of the molecule is CC(S)CC(=O)C=C(Cl)Cl. The van der Waals surface area contributed by atoms with Crippen LogP contribution in [0.5, 0.6) is 0 Å². The molecule has 1 unspecified atom stereocenters. The van der Waals surface area contributed by atoms with Crippen molar-refractivity contribution in [2.45, 2.75) is 18.6 Å². The molecule has 0 aliphatic heterocycles. The van der Waals surface area contributed by atoms with Gasteiger partial charge in [0.2, 0.25) is 0 Å². The van der Waals surface area contributed by atoms with E-state index in [0.29, 0.717) is 6.42 Å². The quantitative estimate of drug-likeness (QED) is 0.546. The average Bonchev–Trinajstić information content (AvgIpc) is 1.58. The Labute approximate surface area is 75.8 Å². The molecule has 0 amide bonds. The van der Waals surface area contributed by atoms with Crippen LogP contribution < -0.4 is 0 Å². The number of hydrogen-bond donors (Lipinski definition) is 1. The van der Waals surface area contributed by atoms with E-state index in [-0.39, 0.29) is 15.5 Å². The van der Waals surface area contributed by atoms with Gasteiger partial charge in [-0.3, -0.25) is 4.79 Å². The standard InChI is InChI=1S/C6H8Cl2OS/c1-4(10)2-5(9)3-6(7)8/h3-4,10H,2H2,1H3. The summed E-state index contributed by atoms with van der Waals surface area (Å²) in [6.07, 6.45) is 1.56. The van der Waals surface area contributed by atoms with E-state index in [1.807, 2.05) is 6.92 Å². The molecular formula is C6H8Cl2OS. The highest BCUT2D eigenvalue weighted by Crippen LogP contribution is 2.08. The maximum atomic E-state index is 10.8. The molecule has 0 N–H and O–H groups in total. The van der Waals surface area contributed by atoms with Gasteiger partial charge in [0, 0.05) is 17.7 Å². The third-order valence-corrected chi connectivity index (χ3v) is 1.17. The second-order valence-corrected chi connectivity index (χ2v) is 3.84. The van der Waals surface area contributed by atoms with Crippen molar-refractivity contribution in [1.29, 1.82) is 0 Å². The third-order valence-electron chi connectivity index (χ3n) is 0.767. The van der Waals surface area contributed by atoms with Crippen molar-refractivity contribution >= 4 is 41.6 Å². The topological polar surface area (TPSA) is 17.1 Å². The normalized spacial score (nSPS) is 12.4. The van der Waals surface area contributed by atoms with Crippen LogP contribution in [0, 0.1) is 0 Å². The molecule has 0 rings (SSSR count). The highest BCUT2D eigenvalue weighted by Gasteiger charge is 2.02. The first-order chi connectivity index (χ1) is 4.52. The average molecular weight is 199 g/mol. The molecule has 0 aromatic rings. The summed E-state index contributed by atoms with van der Waals surface area (Å²) in [5.41, 5.74) is 0. The predicted molar refractivity (Wildman–Crippen MR) is 47.9 cm³/mol. The minimum atomic E-state index is -0.0949. The smallest absolute Gasteiger partial charge is 0.159 e. The number of thiol groups is 1. The van der Waals surface area contributed by atoms with Crippen molar-refractivity contribution in [2.75, 3.05) is 0 Å². The van der Waals surface area contributed by atoms with E-state index in [0.717, 1.165) is 0 Å². The lowest BCUT2D eigenvalue weighted by atomic mass is 10.2. The van der Waals surface area contributed by atoms with Crippen molar-refractivity contribution in [3.63, 3.8) is 0 Å². The fraction of sp³-hybridized carbons (Fsp3) is 0.500. The van der Waals surface area contributed by atoms with Gasteiger partial charge in [0.1, 0.15) is 4.49 Å². The molecule has 58 valence electrons. The summed E-state index contributed by atoms with van der Waals surface area (Å²) >= 11 is 14.5. The molecule has 1 nitrogen and oxygen atoms in total. The van der Waals surface area contributed by atoms with Crippen molar-refractivity contribution in [1.82, 2.24) is 0 Å². The van der Waals surface area contributed by atoms with Gasteiger partial charge < -0.3 is 0 Å². The molecule has 10 heavy (non-hydrogen) atoms. The molecule has 0 saturated carbocycles. The van der Waals surface area contributed by atoms with Gasteiger partial charge in [-0.25, -0.2) is 0 Å². The van der Waals surface area contributed by atoms with E-state index in [9.17, 15) is 4.79 Å². The Morgan fingerprint density at radius 3 is 2.50 bits per heavy atom. The van der Waals surface area contributed by atoms with Crippen molar-refractivity contribution in [3.05, 3.63) is 10.6 Å². The van der Waals surface area contributed by atoms with E-state index in [1.165, 1.54) is 6.08 Å². The second kappa shape index (κ2) is 5.05. The Balaban J connectivity index is 3.76.